The van der Waals surface area contributed by atoms with E-state index in [4.69, 9.17) is 9.84 Å². The Kier molecular flexibility index (Phi) is 5.20. The highest BCUT2D eigenvalue weighted by Gasteiger charge is 2.32. The zero-order valence-corrected chi connectivity index (χ0v) is 12.2. The summed E-state index contributed by atoms with van der Waals surface area (Å²) in [5.41, 5.74) is 0.832. The van der Waals surface area contributed by atoms with Crippen LogP contribution in [0, 0.1) is 11.8 Å². The highest BCUT2D eigenvalue weighted by molar-refractivity contribution is 5.79. The fourth-order valence-corrected chi connectivity index (χ4v) is 2.94. The topological polar surface area (TPSA) is 75.6 Å². The van der Waals surface area contributed by atoms with Crippen LogP contribution in [0.1, 0.15) is 24.8 Å². The molecule has 2 atom stereocenters. The van der Waals surface area contributed by atoms with Crippen LogP contribution in [0.3, 0.4) is 0 Å². The molecule has 1 amide bonds. The Bertz CT molecular complexity index is 515. The van der Waals surface area contributed by atoms with Crippen LogP contribution >= 0.6 is 0 Å². The van der Waals surface area contributed by atoms with Gasteiger partial charge < -0.3 is 15.2 Å². The number of carbonyl (C=O) groups is 2. The molecule has 5 nitrogen and oxygen atoms in total. The van der Waals surface area contributed by atoms with Crippen molar-refractivity contribution in [2.24, 2.45) is 11.8 Å². The molecule has 21 heavy (non-hydrogen) atoms. The number of nitrogens with one attached hydrogen (secondary N) is 1. The first-order valence-electron chi connectivity index (χ1n) is 7.23. The van der Waals surface area contributed by atoms with Gasteiger partial charge in [-0.2, -0.15) is 0 Å². The quantitative estimate of drug-likeness (QED) is 0.838. The molecule has 1 fully saturated rings. The second-order valence-corrected chi connectivity index (χ2v) is 5.43. The monoisotopic (exact) mass is 291 g/mol. The second kappa shape index (κ2) is 7.11. The maximum absolute atomic E-state index is 12.0. The van der Waals surface area contributed by atoms with E-state index in [-0.39, 0.29) is 24.2 Å². The van der Waals surface area contributed by atoms with Crippen LogP contribution in [-0.4, -0.2) is 30.6 Å². The summed E-state index contributed by atoms with van der Waals surface area (Å²) in [6.07, 6.45) is 2.74. The average Bonchev–Trinajstić information content (AvgIpc) is 2.94. The summed E-state index contributed by atoms with van der Waals surface area (Å²) in [5, 5.41) is 12.0. The van der Waals surface area contributed by atoms with Gasteiger partial charge in [0.05, 0.1) is 19.4 Å². The number of rotatable bonds is 6. The maximum Gasteiger partial charge on any atom is 0.306 e. The van der Waals surface area contributed by atoms with Crippen molar-refractivity contribution in [3.05, 3.63) is 29.8 Å². The number of carboxylic acid groups (broad SMARTS) is 1. The lowest BCUT2D eigenvalue weighted by Gasteiger charge is -2.16. The third-order valence-corrected chi connectivity index (χ3v) is 4.08. The van der Waals surface area contributed by atoms with Crippen molar-refractivity contribution in [1.82, 2.24) is 5.32 Å². The van der Waals surface area contributed by atoms with Gasteiger partial charge in [0.25, 0.3) is 0 Å². The summed E-state index contributed by atoms with van der Waals surface area (Å²) in [6.45, 7) is 0.435. The minimum absolute atomic E-state index is 0.0455. The molecule has 0 radical (unpaired) electrons. The Morgan fingerprint density at radius 2 is 2.10 bits per heavy atom. The zero-order valence-electron chi connectivity index (χ0n) is 12.2. The van der Waals surface area contributed by atoms with Crippen molar-refractivity contribution < 1.29 is 19.4 Å². The van der Waals surface area contributed by atoms with Gasteiger partial charge in [-0.05, 0) is 24.8 Å². The first kappa shape index (κ1) is 15.4. The van der Waals surface area contributed by atoms with Gasteiger partial charge in [-0.15, -0.1) is 0 Å². The van der Waals surface area contributed by atoms with E-state index >= 15 is 0 Å². The number of aliphatic carboxylic acids is 1. The summed E-state index contributed by atoms with van der Waals surface area (Å²) in [4.78, 5) is 23.1. The van der Waals surface area contributed by atoms with Gasteiger partial charge in [0, 0.05) is 12.1 Å². The third-order valence-electron chi connectivity index (χ3n) is 4.08. The third kappa shape index (κ3) is 3.97. The Morgan fingerprint density at radius 1 is 1.33 bits per heavy atom. The fourth-order valence-electron chi connectivity index (χ4n) is 2.94. The minimum atomic E-state index is -0.753. The summed E-state index contributed by atoms with van der Waals surface area (Å²) < 4.78 is 5.21. The maximum atomic E-state index is 12.0. The number of hydrogen-bond acceptors (Lipinski definition) is 3. The molecule has 0 spiro atoms. The van der Waals surface area contributed by atoms with Gasteiger partial charge in [-0.1, -0.05) is 24.6 Å². The summed E-state index contributed by atoms with van der Waals surface area (Å²) in [5.74, 6) is -0.440. The van der Waals surface area contributed by atoms with E-state index in [2.05, 4.69) is 5.32 Å². The highest BCUT2D eigenvalue weighted by Crippen LogP contribution is 2.31. The molecule has 1 saturated carbocycles. The summed E-state index contributed by atoms with van der Waals surface area (Å²) >= 11 is 0. The fraction of sp³-hybridized carbons (Fsp3) is 0.500. The van der Waals surface area contributed by atoms with Crippen molar-refractivity contribution in [2.75, 3.05) is 13.7 Å². The molecule has 2 N–H and O–H groups in total. The first-order valence-corrected chi connectivity index (χ1v) is 7.23. The average molecular weight is 291 g/mol. The zero-order chi connectivity index (χ0) is 15.2. The number of para-hydroxylation sites is 1. The van der Waals surface area contributed by atoms with Crippen LogP contribution in [0.4, 0.5) is 0 Å². The molecule has 114 valence electrons. The lowest BCUT2D eigenvalue weighted by molar-refractivity contribution is -0.143. The van der Waals surface area contributed by atoms with E-state index in [1.165, 1.54) is 0 Å². The predicted molar refractivity (Wildman–Crippen MR) is 78.2 cm³/mol. The number of carbonyl (C=O) groups excluding carboxylic acids is 1. The summed E-state index contributed by atoms with van der Waals surface area (Å²) in [6, 6.07) is 7.40. The molecule has 0 aliphatic heterocycles. The van der Waals surface area contributed by atoms with E-state index < -0.39 is 5.97 Å². The van der Waals surface area contributed by atoms with Gasteiger partial charge in [0.15, 0.2) is 0 Å². The van der Waals surface area contributed by atoms with Gasteiger partial charge in [0.1, 0.15) is 5.75 Å². The number of benzene rings is 1. The minimum Gasteiger partial charge on any atom is -0.496 e. The molecule has 1 aromatic rings. The molecule has 5 heteroatoms. The van der Waals surface area contributed by atoms with Crippen LogP contribution < -0.4 is 10.1 Å². The van der Waals surface area contributed by atoms with E-state index in [9.17, 15) is 9.59 Å². The molecular weight excluding hydrogens is 270 g/mol. The number of methoxy groups -OCH3 is 1. The molecule has 0 aromatic heterocycles. The Hall–Kier alpha value is -2.04. The first-order chi connectivity index (χ1) is 10.1. The Morgan fingerprint density at radius 3 is 2.81 bits per heavy atom. The van der Waals surface area contributed by atoms with E-state index in [0.29, 0.717) is 18.7 Å². The molecule has 1 aromatic carbocycles. The Labute approximate surface area is 124 Å². The normalized spacial score (nSPS) is 21.0. The van der Waals surface area contributed by atoms with Gasteiger partial charge in [-0.3, -0.25) is 9.59 Å². The summed E-state index contributed by atoms with van der Waals surface area (Å²) in [7, 11) is 1.58. The van der Waals surface area contributed by atoms with Crippen molar-refractivity contribution in [3.8, 4) is 5.75 Å². The molecule has 1 aliphatic carbocycles. The van der Waals surface area contributed by atoms with Crippen LogP contribution in [0.15, 0.2) is 24.3 Å². The van der Waals surface area contributed by atoms with Crippen molar-refractivity contribution in [1.29, 1.82) is 0 Å². The van der Waals surface area contributed by atoms with Crippen LogP contribution in [-0.2, 0) is 16.0 Å². The smallest absolute Gasteiger partial charge is 0.306 e. The standard InChI is InChI=1S/C16H21NO4/c1-21-14-8-3-2-5-11(14)9-15(18)17-10-12-6-4-7-13(12)16(19)20/h2-3,5,8,12-13H,4,6-7,9-10H2,1H3,(H,17,18)(H,19,20). The number of hydrogen-bond donors (Lipinski definition) is 2. The van der Waals surface area contributed by atoms with Crippen LogP contribution in [0.5, 0.6) is 5.75 Å². The molecule has 1 aliphatic rings. The highest BCUT2D eigenvalue weighted by atomic mass is 16.5. The van der Waals surface area contributed by atoms with Crippen molar-refractivity contribution in [3.63, 3.8) is 0 Å². The lowest BCUT2D eigenvalue weighted by atomic mass is 9.96. The van der Waals surface area contributed by atoms with Gasteiger partial charge >= 0.3 is 5.97 Å². The van der Waals surface area contributed by atoms with Crippen LogP contribution in [0.25, 0.3) is 0 Å². The van der Waals surface area contributed by atoms with Crippen molar-refractivity contribution >= 4 is 11.9 Å². The molecule has 2 rings (SSSR count). The van der Waals surface area contributed by atoms with E-state index in [1.807, 2.05) is 24.3 Å². The lowest BCUT2D eigenvalue weighted by Crippen LogP contribution is -2.33. The molecule has 2 unspecified atom stereocenters. The number of ether oxygens (including phenoxy) is 1. The Balaban J connectivity index is 1.86. The predicted octanol–water partition coefficient (Wildman–Crippen LogP) is 1.85. The molecule has 0 saturated heterocycles. The largest absolute Gasteiger partial charge is 0.496 e. The molecule has 0 bridgehead atoms. The molecule has 0 heterocycles. The number of amides is 1. The van der Waals surface area contributed by atoms with Crippen molar-refractivity contribution in [2.45, 2.75) is 25.7 Å². The van der Waals surface area contributed by atoms with Gasteiger partial charge in [-0.25, -0.2) is 0 Å². The second-order valence-electron chi connectivity index (χ2n) is 5.43. The van der Waals surface area contributed by atoms with Gasteiger partial charge in [0.2, 0.25) is 5.91 Å². The van der Waals surface area contributed by atoms with E-state index in [1.54, 1.807) is 7.11 Å². The molecular formula is C16H21NO4. The van der Waals surface area contributed by atoms with Crippen LogP contribution in [0.2, 0.25) is 0 Å². The number of carboxylic acids is 1. The van der Waals surface area contributed by atoms with E-state index in [0.717, 1.165) is 18.4 Å². The SMILES string of the molecule is COc1ccccc1CC(=O)NCC1CCCC1C(=O)O.